The van der Waals surface area contributed by atoms with Gasteiger partial charge in [-0.15, -0.1) is 11.3 Å². The fourth-order valence-corrected chi connectivity index (χ4v) is 2.93. The van der Waals surface area contributed by atoms with Gasteiger partial charge < -0.3 is 4.90 Å². The van der Waals surface area contributed by atoms with E-state index < -0.39 is 0 Å². The standard InChI is InChI=1S/C14H15BrN2OS/c1-10-13(19-9-16-10)8-17(2)14(18)12-5-3-11(7-15)4-6-12/h3-6,9H,7-8H2,1-2H3. The number of rotatable bonds is 4. The summed E-state index contributed by atoms with van der Waals surface area (Å²) in [6.45, 7) is 2.57. The van der Waals surface area contributed by atoms with Gasteiger partial charge in [0.05, 0.1) is 17.7 Å². The van der Waals surface area contributed by atoms with Crippen molar-refractivity contribution in [2.75, 3.05) is 7.05 Å². The molecule has 2 aromatic rings. The van der Waals surface area contributed by atoms with Crippen molar-refractivity contribution in [1.82, 2.24) is 9.88 Å². The van der Waals surface area contributed by atoms with Crippen LogP contribution in [0.2, 0.25) is 0 Å². The van der Waals surface area contributed by atoms with Crippen molar-refractivity contribution in [3.8, 4) is 0 Å². The van der Waals surface area contributed by atoms with Gasteiger partial charge >= 0.3 is 0 Å². The third kappa shape index (κ3) is 3.42. The summed E-state index contributed by atoms with van der Waals surface area (Å²) in [4.78, 5) is 19.3. The van der Waals surface area contributed by atoms with Crippen LogP contribution in [0, 0.1) is 6.92 Å². The lowest BCUT2D eigenvalue weighted by Gasteiger charge is -2.16. The molecule has 0 atom stereocenters. The van der Waals surface area contributed by atoms with Gasteiger partial charge in [0.1, 0.15) is 0 Å². The Hall–Kier alpha value is -1.20. The molecular weight excluding hydrogens is 324 g/mol. The van der Waals surface area contributed by atoms with E-state index in [2.05, 4.69) is 20.9 Å². The minimum absolute atomic E-state index is 0.0360. The van der Waals surface area contributed by atoms with Crippen LogP contribution >= 0.6 is 27.3 Å². The van der Waals surface area contributed by atoms with E-state index in [4.69, 9.17) is 0 Å². The fourth-order valence-electron chi connectivity index (χ4n) is 1.72. The van der Waals surface area contributed by atoms with E-state index in [1.807, 2.05) is 43.7 Å². The second kappa shape index (κ2) is 6.30. The number of thiazole rings is 1. The number of amides is 1. The molecule has 0 bridgehead atoms. The second-order valence-corrected chi connectivity index (χ2v) is 5.85. The number of aromatic nitrogens is 1. The molecule has 19 heavy (non-hydrogen) atoms. The number of aryl methyl sites for hydroxylation is 1. The van der Waals surface area contributed by atoms with E-state index in [0.717, 1.165) is 27.0 Å². The molecule has 1 aromatic carbocycles. The average molecular weight is 339 g/mol. The van der Waals surface area contributed by atoms with Crippen molar-refractivity contribution in [3.63, 3.8) is 0 Å². The van der Waals surface area contributed by atoms with Crippen LogP contribution in [0.5, 0.6) is 0 Å². The molecule has 0 aliphatic heterocycles. The Morgan fingerprint density at radius 3 is 2.58 bits per heavy atom. The summed E-state index contributed by atoms with van der Waals surface area (Å²) in [5.41, 5.74) is 4.69. The molecule has 0 unspecified atom stereocenters. The number of carbonyl (C=O) groups excluding carboxylic acids is 1. The molecule has 0 N–H and O–H groups in total. The maximum absolute atomic E-state index is 12.3. The van der Waals surface area contributed by atoms with Gasteiger partial charge in [-0.05, 0) is 24.6 Å². The Balaban J connectivity index is 2.08. The van der Waals surface area contributed by atoms with Crippen LogP contribution in [0.3, 0.4) is 0 Å². The van der Waals surface area contributed by atoms with Crippen molar-refractivity contribution in [1.29, 1.82) is 0 Å². The molecule has 0 fully saturated rings. The number of alkyl halides is 1. The maximum Gasteiger partial charge on any atom is 0.253 e. The van der Waals surface area contributed by atoms with E-state index in [9.17, 15) is 4.79 Å². The Labute approximate surface area is 125 Å². The predicted molar refractivity (Wildman–Crippen MR) is 81.7 cm³/mol. The quantitative estimate of drug-likeness (QED) is 0.797. The molecule has 0 spiro atoms. The molecule has 0 aliphatic rings. The van der Waals surface area contributed by atoms with Gasteiger partial charge in [0.15, 0.2) is 0 Å². The molecule has 0 saturated heterocycles. The van der Waals surface area contributed by atoms with Crippen molar-refractivity contribution >= 4 is 33.2 Å². The van der Waals surface area contributed by atoms with Crippen molar-refractivity contribution in [3.05, 3.63) is 51.5 Å². The van der Waals surface area contributed by atoms with Gasteiger partial charge in [-0.2, -0.15) is 0 Å². The van der Waals surface area contributed by atoms with Gasteiger partial charge in [-0.25, -0.2) is 4.98 Å². The van der Waals surface area contributed by atoms with Gasteiger partial charge in [-0.1, -0.05) is 28.1 Å². The third-order valence-electron chi connectivity index (χ3n) is 2.93. The summed E-state index contributed by atoms with van der Waals surface area (Å²) in [5, 5.41) is 0.803. The second-order valence-electron chi connectivity index (χ2n) is 4.35. The first-order valence-electron chi connectivity index (χ1n) is 5.91. The zero-order valence-electron chi connectivity index (χ0n) is 10.9. The van der Waals surface area contributed by atoms with Crippen LogP contribution in [-0.4, -0.2) is 22.8 Å². The third-order valence-corrected chi connectivity index (χ3v) is 4.49. The Bertz CT molecular complexity index is 565. The SMILES string of the molecule is Cc1ncsc1CN(C)C(=O)c1ccc(CBr)cc1. The Morgan fingerprint density at radius 1 is 1.37 bits per heavy atom. The lowest BCUT2D eigenvalue weighted by molar-refractivity contribution is 0.0786. The van der Waals surface area contributed by atoms with E-state index in [1.54, 1.807) is 16.2 Å². The lowest BCUT2D eigenvalue weighted by atomic mass is 10.1. The first kappa shape index (κ1) is 14.2. The highest BCUT2D eigenvalue weighted by atomic mass is 79.9. The first-order chi connectivity index (χ1) is 9.11. The van der Waals surface area contributed by atoms with Crippen LogP contribution in [0.1, 0.15) is 26.5 Å². The van der Waals surface area contributed by atoms with Crippen LogP contribution in [0.25, 0.3) is 0 Å². The number of halogens is 1. The molecule has 0 saturated carbocycles. The topological polar surface area (TPSA) is 33.2 Å². The summed E-state index contributed by atoms with van der Waals surface area (Å²) in [6.07, 6.45) is 0. The van der Waals surface area contributed by atoms with Crippen molar-refractivity contribution in [2.45, 2.75) is 18.8 Å². The summed E-state index contributed by atoms with van der Waals surface area (Å²) >= 11 is 4.98. The molecular formula is C14H15BrN2OS. The minimum atomic E-state index is 0.0360. The summed E-state index contributed by atoms with van der Waals surface area (Å²) in [7, 11) is 1.82. The zero-order chi connectivity index (χ0) is 13.8. The zero-order valence-corrected chi connectivity index (χ0v) is 13.3. The molecule has 3 nitrogen and oxygen atoms in total. The highest BCUT2D eigenvalue weighted by Gasteiger charge is 2.13. The molecule has 0 radical (unpaired) electrons. The van der Waals surface area contributed by atoms with Crippen molar-refractivity contribution in [2.24, 2.45) is 0 Å². The monoisotopic (exact) mass is 338 g/mol. The normalized spacial score (nSPS) is 10.5. The van der Waals surface area contributed by atoms with Crippen LogP contribution in [0.15, 0.2) is 29.8 Å². The lowest BCUT2D eigenvalue weighted by Crippen LogP contribution is -2.26. The summed E-state index contributed by atoms with van der Waals surface area (Å²) in [6, 6.07) is 7.67. The van der Waals surface area contributed by atoms with E-state index >= 15 is 0 Å². The molecule has 2 rings (SSSR count). The fraction of sp³-hybridized carbons (Fsp3) is 0.286. The van der Waals surface area contributed by atoms with Gasteiger partial charge in [0.2, 0.25) is 0 Å². The maximum atomic E-state index is 12.3. The number of nitrogens with zero attached hydrogens (tertiary/aromatic N) is 2. The highest BCUT2D eigenvalue weighted by Crippen LogP contribution is 2.16. The summed E-state index contributed by atoms with van der Waals surface area (Å²) in [5.74, 6) is 0.0360. The molecule has 1 amide bonds. The Kier molecular flexibility index (Phi) is 4.71. The molecule has 100 valence electrons. The van der Waals surface area contributed by atoms with Gasteiger partial charge in [-0.3, -0.25) is 4.79 Å². The minimum Gasteiger partial charge on any atom is -0.336 e. The predicted octanol–water partition coefficient (Wildman–Crippen LogP) is 3.62. The molecule has 1 aromatic heterocycles. The van der Waals surface area contributed by atoms with Crippen LogP contribution in [-0.2, 0) is 11.9 Å². The molecule has 0 aliphatic carbocycles. The smallest absolute Gasteiger partial charge is 0.253 e. The van der Waals surface area contributed by atoms with Gasteiger partial charge in [0, 0.05) is 22.8 Å². The number of benzene rings is 1. The number of hydrogen-bond donors (Lipinski definition) is 0. The largest absolute Gasteiger partial charge is 0.336 e. The first-order valence-corrected chi connectivity index (χ1v) is 7.91. The van der Waals surface area contributed by atoms with E-state index in [1.165, 1.54) is 0 Å². The van der Waals surface area contributed by atoms with E-state index in [0.29, 0.717) is 6.54 Å². The Morgan fingerprint density at radius 2 is 2.05 bits per heavy atom. The van der Waals surface area contributed by atoms with Crippen LogP contribution < -0.4 is 0 Å². The van der Waals surface area contributed by atoms with E-state index in [-0.39, 0.29) is 5.91 Å². The van der Waals surface area contributed by atoms with Crippen molar-refractivity contribution < 1.29 is 4.79 Å². The molecule has 5 heteroatoms. The average Bonchev–Trinajstić information content (AvgIpc) is 2.83. The number of hydrogen-bond acceptors (Lipinski definition) is 3. The summed E-state index contributed by atoms with van der Waals surface area (Å²) < 4.78 is 0. The van der Waals surface area contributed by atoms with Crippen LogP contribution in [0.4, 0.5) is 0 Å². The molecule has 1 heterocycles. The van der Waals surface area contributed by atoms with Gasteiger partial charge in [0.25, 0.3) is 5.91 Å². The highest BCUT2D eigenvalue weighted by molar-refractivity contribution is 9.08. The number of carbonyl (C=O) groups is 1.